The van der Waals surface area contributed by atoms with Crippen molar-refractivity contribution in [3.63, 3.8) is 0 Å². The monoisotopic (exact) mass is 193 g/mol. The lowest BCUT2D eigenvalue weighted by Crippen LogP contribution is -2.28. The second-order valence-electron chi connectivity index (χ2n) is 2.72. The van der Waals surface area contributed by atoms with Crippen LogP contribution >= 0.6 is 0 Å². The summed E-state index contributed by atoms with van der Waals surface area (Å²) < 4.78 is 40.0. The van der Waals surface area contributed by atoms with E-state index in [4.69, 9.17) is 4.42 Å². The van der Waals surface area contributed by atoms with Crippen molar-refractivity contribution in [3.8, 4) is 0 Å². The predicted molar refractivity (Wildman–Crippen MR) is 41.2 cm³/mol. The van der Waals surface area contributed by atoms with Crippen LogP contribution in [0.15, 0.2) is 16.7 Å². The van der Waals surface area contributed by atoms with Crippen molar-refractivity contribution in [2.24, 2.45) is 0 Å². The molecule has 0 aliphatic rings. The van der Waals surface area contributed by atoms with E-state index in [1.54, 1.807) is 13.0 Å². The van der Waals surface area contributed by atoms with Crippen LogP contribution in [0.2, 0.25) is 0 Å². The van der Waals surface area contributed by atoms with E-state index in [0.29, 0.717) is 5.76 Å². The maximum Gasteiger partial charge on any atom is 0.401 e. The molecule has 0 fully saturated rings. The van der Waals surface area contributed by atoms with Gasteiger partial charge in [-0.15, -0.1) is 0 Å². The van der Waals surface area contributed by atoms with Crippen molar-refractivity contribution in [3.05, 3.63) is 23.7 Å². The summed E-state index contributed by atoms with van der Waals surface area (Å²) in [5, 5.41) is 2.28. The Labute approximate surface area is 73.7 Å². The summed E-state index contributed by atoms with van der Waals surface area (Å²) in [6.45, 7) is 0.921. The number of rotatable bonds is 3. The average Bonchev–Trinajstić information content (AvgIpc) is 2.34. The molecular weight excluding hydrogens is 183 g/mol. The molecule has 0 saturated heterocycles. The Bertz CT molecular complexity index is 267. The molecule has 1 aromatic rings. The van der Waals surface area contributed by atoms with Gasteiger partial charge in [0, 0.05) is 12.1 Å². The zero-order valence-corrected chi connectivity index (χ0v) is 7.11. The van der Waals surface area contributed by atoms with E-state index < -0.39 is 12.7 Å². The highest BCUT2D eigenvalue weighted by atomic mass is 19.4. The highest BCUT2D eigenvalue weighted by Gasteiger charge is 2.26. The van der Waals surface area contributed by atoms with Gasteiger partial charge in [0.25, 0.3) is 0 Å². The molecule has 0 spiro atoms. The van der Waals surface area contributed by atoms with E-state index in [0.717, 1.165) is 5.56 Å². The third kappa shape index (κ3) is 3.50. The van der Waals surface area contributed by atoms with E-state index in [9.17, 15) is 13.2 Å². The van der Waals surface area contributed by atoms with Gasteiger partial charge in [-0.2, -0.15) is 13.2 Å². The van der Waals surface area contributed by atoms with E-state index in [2.05, 4.69) is 5.32 Å². The van der Waals surface area contributed by atoms with Gasteiger partial charge in [0.05, 0.1) is 12.8 Å². The largest absolute Gasteiger partial charge is 0.469 e. The average molecular weight is 193 g/mol. The lowest BCUT2D eigenvalue weighted by Gasteiger charge is -2.06. The van der Waals surface area contributed by atoms with E-state index in [-0.39, 0.29) is 6.54 Å². The van der Waals surface area contributed by atoms with Gasteiger partial charge < -0.3 is 9.73 Å². The number of hydrogen-bond acceptors (Lipinski definition) is 2. The summed E-state index contributed by atoms with van der Waals surface area (Å²) in [6, 6.07) is 1.65. The van der Waals surface area contributed by atoms with Gasteiger partial charge in [0.15, 0.2) is 0 Å². The first kappa shape index (κ1) is 10.1. The fraction of sp³-hybridized carbons (Fsp3) is 0.500. The standard InChI is InChI=1S/C8H10F3NO/c1-6-7(2-3-13-6)4-12-5-8(9,10)11/h2-3,12H,4-5H2,1H3. The molecular formula is C8H10F3NO. The number of nitrogens with one attached hydrogen (secondary N) is 1. The van der Waals surface area contributed by atoms with Crippen LogP contribution < -0.4 is 5.32 Å². The third-order valence-corrected chi connectivity index (χ3v) is 1.61. The number of alkyl halides is 3. The molecule has 0 unspecified atom stereocenters. The van der Waals surface area contributed by atoms with Crippen LogP contribution in [0.25, 0.3) is 0 Å². The molecule has 0 aliphatic carbocycles. The molecule has 1 rings (SSSR count). The SMILES string of the molecule is Cc1occc1CNCC(F)(F)F. The smallest absolute Gasteiger partial charge is 0.401 e. The minimum Gasteiger partial charge on any atom is -0.469 e. The van der Waals surface area contributed by atoms with Gasteiger partial charge >= 0.3 is 6.18 Å². The number of aryl methyl sites for hydroxylation is 1. The van der Waals surface area contributed by atoms with E-state index in [1.165, 1.54) is 6.26 Å². The van der Waals surface area contributed by atoms with Crippen LogP contribution in [0.1, 0.15) is 11.3 Å². The molecule has 5 heteroatoms. The maximum absolute atomic E-state index is 11.7. The third-order valence-electron chi connectivity index (χ3n) is 1.61. The lowest BCUT2D eigenvalue weighted by atomic mass is 10.2. The summed E-state index contributed by atoms with van der Waals surface area (Å²) in [7, 11) is 0. The fourth-order valence-corrected chi connectivity index (χ4v) is 0.934. The molecule has 2 nitrogen and oxygen atoms in total. The molecule has 0 bridgehead atoms. The van der Waals surface area contributed by atoms with Crippen molar-refractivity contribution in [1.29, 1.82) is 0 Å². The van der Waals surface area contributed by atoms with Gasteiger partial charge in [-0.3, -0.25) is 0 Å². The number of hydrogen-bond donors (Lipinski definition) is 1. The molecule has 0 aromatic carbocycles. The minimum absolute atomic E-state index is 0.182. The van der Waals surface area contributed by atoms with Crippen LogP contribution in [0, 0.1) is 6.92 Å². The van der Waals surface area contributed by atoms with Crippen LogP contribution in [0.3, 0.4) is 0 Å². The first-order valence-electron chi connectivity index (χ1n) is 3.79. The Morgan fingerprint density at radius 1 is 1.46 bits per heavy atom. The van der Waals surface area contributed by atoms with Crippen molar-refractivity contribution in [1.82, 2.24) is 5.32 Å². The lowest BCUT2D eigenvalue weighted by molar-refractivity contribution is -0.125. The molecule has 0 aliphatic heterocycles. The Morgan fingerprint density at radius 2 is 2.15 bits per heavy atom. The highest BCUT2D eigenvalue weighted by Crippen LogP contribution is 2.13. The Morgan fingerprint density at radius 3 is 2.62 bits per heavy atom. The van der Waals surface area contributed by atoms with Crippen molar-refractivity contribution < 1.29 is 17.6 Å². The van der Waals surface area contributed by atoms with Crippen LogP contribution in [0.5, 0.6) is 0 Å². The molecule has 74 valence electrons. The van der Waals surface area contributed by atoms with Crippen LogP contribution in [-0.2, 0) is 6.54 Å². The first-order valence-corrected chi connectivity index (χ1v) is 3.79. The minimum atomic E-state index is -4.16. The quantitative estimate of drug-likeness (QED) is 0.796. The van der Waals surface area contributed by atoms with Gasteiger partial charge in [-0.25, -0.2) is 0 Å². The molecule has 1 heterocycles. The molecule has 1 N–H and O–H groups in total. The zero-order chi connectivity index (χ0) is 9.90. The van der Waals surface area contributed by atoms with Gasteiger partial charge in [0.2, 0.25) is 0 Å². The normalized spacial score (nSPS) is 12.0. The molecule has 0 atom stereocenters. The summed E-state index contributed by atoms with van der Waals surface area (Å²) in [5.41, 5.74) is 0.754. The van der Waals surface area contributed by atoms with Crippen molar-refractivity contribution in [2.45, 2.75) is 19.6 Å². The van der Waals surface area contributed by atoms with Gasteiger partial charge in [0.1, 0.15) is 5.76 Å². The van der Waals surface area contributed by atoms with Crippen LogP contribution in [-0.4, -0.2) is 12.7 Å². The van der Waals surface area contributed by atoms with Crippen LogP contribution in [0.4, 0.5) is 13.2 Å². The second kappa shape index (κ2) is 3.83. The van der Waals surface area contributed by atoms with Crippen molar-refractivity contribution >= 4 is 0 Å². The Kier molecular flexibility index (Phi) is 2.98. The second-order valence-corrected chi connectivity index (χ2v) is 2.72. The topological polar surface area (TPSA) is 25.2 Å². The number of furan rings is 1. The van der Waals surface area contributed by atoms with Gasteiger partial charge in [-0.05, 0) is 13.0 Å². The zero-order valence-electron chi connectivity index (χ0n) is 7.11. The highest BCUT2D eigenvalue weighted by molar-refractivity contribution is 5.14. The molecule has 0 amide bonds. The Hall–Kier alpha value is -0.970. The Balaban J connectivity index is 2.32. The van der Waals surface area contributed by atoms with E-state index >= 15 is 0 Å². The van der Waals surface area contributed by atoms with Gasteiger partial charge in [-0.1, -0.05) is 0 Å². The summed E-state index contributed by atoms with van der Waals surface area (Å²) >= 11 is 0. The maximum atomic E-state index is 11.7. The molecule has 1 aromatic heterocycles. The summed E-state index contributed by atoms with van der Waals surface area (Å²) in [6.07, 6.45) is -2.70. The summed E-state index contributed by atoms with van der Waals surface area (Å²) in [5.74, 6) is 0.648. The van der Waals surface area contributed by atoms with E-state index in [1.807, 2.05) is 0 Å². The van der Waals surface area contributed by atoms with Crippen molar-refractivity contribution in [2.75, 3.05) is 6.54 Å². The fourth-order valence-electron chi connectivity index (χ4n) is 0.934. The molecule has 0 radical (unpaired) electrons. The molecule has 13 heavy (non-hydrogen) atoms. The molecule has 0 saturated carbocycles. The predicted octanol–water partition coefficient (Wildman–Crippen LogP) is 2.24. The number of halogens is 3. The first-order chi connectivity index (χ1) is 5.99. The summed E-state index contributed by atoms with van der Waals surface area (Å²) in [4.78, 5) is 0.